The molecule has 0 N–H and O–H groups in total. The molecule has 24 heavy (non-hydrogen) atoms. The lowest BCUT2D eigenvalue weighted by molar-refractivity contribution is 0.170. The highest BCUT2D eigenvalue weighted by Gasteiger charge is 2.32. The molecule has 0 atom stereocenters. The van der Waals surface area contributed by atoms with Crippen LogP contribution in [-0.4, -0.2) is 39.4 Å². The minimum absolute atomic E-state index is 0.553. The van der Waals surface area contributed by atoms with E-state index < -0.39 is 0 Å². The Morgan fingerprint density at radius 2 is 2.00 bits per heavy atom. The Morgan fingerprint density at radius 1 is 1.12 bits per heavy atom. The molecule has 0 spiro atoms. The molecule has 1 saturated carbocycles. The largest absolute Gasteiger partial charge is 0.486 e. The molecule has 7 heteroatoms. The predicted octanol–water partition coefficient (Wildman–Crippen LogP) is 2.60. The average molecular weight is 347 g/mol. The van der Waals surface area contributed by atoms with Crippen LogP contribution in [-0.2, 0) is 19.6 Å². The quantitative estimate of drug-likeness (QED) is 0.855. The van der Waals surface area contributed by atoms with Crippen LogP contribution < -0.4 is 9.47 Å². The fourth-order valence-electron chi connectivity index (χ4n) is 3.52. The van der Waals surface area contributed by atoms with Gasteiger partial charge >= 0.3 is 0 Å². The van der Waals surface area contributed by atoms with E-state index in [2.05, 4.69) is 19.7 Å². The van der Waals surface area contributed by atoms with E-state index in [-0.39, 0.29) is 0 Å². The van der Waals surface area contributed by atoms with Gasteiger partial charge in [0.05, 0.1) is 11.6 Å². The lowest BCUT2D eigenvalue weighted by Crippen LogP contribution is -2.34. The predicted molar refractivity (Wildman–Crippen MR) is 88.6 cm³/mol. The normalized spacial score (nSPS) is 20.0. The van der Waals surface area contributed by atoms with Crippen molar-refractivity contribution in [3.8, 4) is 11.5 Å². The molecule has 1 aromatic heterocycles. The van der Waals surface area contributed by atoms with E-state index in [1.54, 1.807) is 0 Å². The van der Waals surface area contributed by atoms with Crippen LogP contribution >= 0.6 is 11.6 Å². The maximum Gasteiger partial charge on any atom is 0.179 e. The van der Waals surface area contributed by atoms with Gasteiger partial charge in [0.25, 0.3) is 0 Å². The van der Waals surface area contributed by atoms with Gasteiger partial charge in [0.15, 0.2) is 11.5 Å². The van der Waals surface area contributed by atoms with Crippen molar-refractivity contribution in [3.05, 3.63) is 34.4 Å². The fraction of sp³-hybridized carbons (Fsp3) is 0.529. The number of ether oxygens (including phenoxy) is 2. The minimum atomic E-state index is 0.553. The number of hydrogen-bond acceptors (Lipinski definition) is 5. The molecule has 3 heterocycles. The van der Waals surface area contributed by atoms with Crippen molar-refractivity contribution in [1.82, 2.24) is 19.7 Å². The molecular weight excluding hydrogens is 328 g/mol. The van der Waals surface area contributed by atoms with Crippen molar-refractivity contribution in [3.63, 3.8) is 0 Å². The Labute approximate surface area is 145 Å². The summed E-state index contributed by atoms with van der Waals surface area (Å²) in [7, 11) is 0. The number of fused-ring (bicyclic) bond motifs is 2. The number of hydrogen-bond donors (Lipinski definition) is 0. The van der Waals surface area contributed by atoms with Crippen LogP contribution in [0.1, 0.15) is 36.0 Å². The van der Waals surface area contributed by atoms with E-state index in [9.17, 15) is 0 Å². The minimum Gasteiger partial charge on any atom is -0.486 e. The van der Waals surface area contributed by atoms with Gasteiger partial charge in [-0.15, -0.1) is 10.2 Å². The van der Waals surface area contributed by atoms with Crippen molar-refractivity contribution in [2.24, 2.45) is 0 Å². The molecule has 2 aromatic rings. The Bertz CT molecular complexity index is 787. The molecule has 0 unspecified atom stereocenters. The lowest BCUT2D eigenvalue weighted by atomic mass is 10.1. The second-order valence-electron chi connectivity index (χ2n) is 6.71. The first-order chi connectivity index (χ1) is 11.8. The van der Waals surface area contributed by atoms with Gasteiger partial charge in [0.2, 0.25) is 0 Å². The van der Waals surface area contributed by atoms with Crippen LogP contribution in [0.2, 0.25) is 5.02 Å². The smallest absolute Gasteiger partial charge is 0.179 e. The number of aromatic nitrogens is 3. The molecule has 5 rings (SSSR count). The molecule has 2 aliphatic heterocycles. The Hall–Kier alpha value is -1.79. The van der Waals surface area contributed by atoms with Gasteiger partial charge in [0.1, 0.15) is 24.9 Å². The molecule has 1 aliphatic carbocycles. The number of halogens is 1. The van der Waals surface area contributed by atoms with Gasteiger partial charge in [-0.05, 0) is 30.5 Å². The van der Waals surface area contributed by atoms with E-state index in [1.807, 2.05) is 12.1 Å². The van der Waals surface area contributed by atoms with Crippen LogP contribution in [0.5, 0.6) is 11.5 Å². The molecule has 0 radical (unpaired) electrons. The zero-order valence-corrected chi connectivity index (χ0v) is 14.1. The van der Waals surface area contributed by atoms with Gasteiger partial charge in [-0.1, -0.05) is 11.6 Å². The van der Waals surface area contributed by atoms with Gasteiger partial charge in [-0.25, -0.2) is 0 Å². The summed E-state index contributed by atoms with van der Waals surface area (Å²) in [5.41, 5.74) is 1.14. The third-order valence-corrected chi connectivity index (χ3v) is 5.15. The molecule has 126 valence electrons. The van der Waals surface area contributed by atoms with Crippen molar-refractivity contribution < 1.29 is 9.47 Å². The Morgan fingerprint density at radius 3 is 2.88 bits per heavy atom. The Balaban J connectivity index is 1.34. The average Bonchev–Trinajstić information content (AvgIpc) is 3.35. The van der Waals surface area contributed by atoms with Gasteiger partial charge < -0.3 is 14.0 Å². The highest BCUT2D eigenvalue weighted by Crippen LogP contribution is 2.40. The first-order valence-corrected chi connectivity index (χ1v) is 8.88. The topological polar surface area (TPSA) is 52.4 Å². The van der Waals surface area contributed by atoms with Crippen molar-refractivity contribution >= 4 is 11.6 Å². The molecular formula is C17H19ClN4O2. The summed E-state index contributed by atoms with van der Waals surface area (Å²) in [6, 6.07) is 4.01. The van der Waals surface area contributed by atoms with Crippen LogP contribution in [0.25, 0.3) is 0 Å². The SMILES string of the molecule is Clc1cc(CN2CCn3c(nnc3C3CC3)C2)cc2c1OCCO2. The van der Waals surface area contributed by atoms with E-state index in [0.717, 1.165) is 43.3 Å². The number of nitrogens with zero attached hydrogens (tertiary/aromatic N) is 4. The lowest BCUT2D eigenvalue weighted by Gasteiger charge is -2.28. The van der Waals surface area contributed by atoms with Gasteiger partial charge in [-0.3, -0.25) is 4.90 Å². The maximum absolute atomic E-state index is 6.34. The standard InChI is InChI=1S/C17H19ClN4O2/c18-13-7-11(8-14-16(13)24-6-5-23-14)9-21-3-4-22-15(10-21)19-20-17(22)12-1-2-12/h7-8,12H,1-6,9-10H2. The highest BCUT2D eigenvalue weighted by atomic mass is 35.5. The van der Waals surface area contributed by atoms with Crippen molar-refractivity contribution in [2.45, 2.75) is 38.4 Å². The maximum atomic E-state index is 6.34. The second-order valence-corrected chi connectivity index (χ2v) is 7.12. The summed E-state index contributed by atoms with van der Waals surface area (Å²) in [5, 5.41) is 9.42. The first kappa shape index (κ1) is 14.5. The number of rotatable bonds is 3. The third kappa shape index (κ3) is 2.54. The van der Waals surface area contributed by atoms with Crippen LogP contribution in [0.3, 0.4) is 0 Å². The van der Waals surface area contributed by atoms with Crippen LogP contribution in [0, 0.1) is 0 Å². The summed E-state index contributed by atoms with van der Waals surface area (Å²) in [4.78, 5) is 2.38. The van der Waals surface area contributed by atoms with E-state index >= 15 is 0 Å². The van der Waals surface area contributed by atoms with E-state index in [4.69, 9.17) is 21.1 Å². The number of benzene rings is 1. The van der Waals surface area contributed by atoms with Crippen molar-refractivity contribution in [1.29, 1.82) is 0 Å². The zero-order valence-electron chi connectivity index (χ0n) is 13.4. The summed E-state index contributed by atoms with van der Waals surface area (Å²) in [5.74, 6) is 4.33. The van der Waals surface area contributed by atoms with Crippen LogP contribution in [0.4, 0.5) is 0 Å². The summed E-state index contributed by atoms with van der Waals surface area (Å²) >= 11 is 6.34. The van der Waals surface area contributed by atoms with Crippen molar-refractivity contribution in [2.75, 3.05) is 19.8 Å². The molecule has 3 aliphatic rings. The molecule has 0 saturated heterocycles. The van der Waals surface area contributed by atoms with Crippen LogP contribution in [0.15, 0.2) is 12.1 Å². The summed E-state index contributed by atoms with van der Waals surface area (Å²) < 4.78 is 13.6. The van der Waals surface area contributed by atoms with E-state index in [0.29, 0.717) is 29.9 Å². The third-order valence-electron chi connectivity index (χ3n) is 4.87. The second kappa shape index (κ2) is 5.63. The molecule has 6 nitrogen and oxygen atoms in total. The molecule has 1 aromatic carbocycles. The zero-order chi connectivity index (χ0) is 16.1. The molecule has 1 fully saturated rings. The molecule has 0 amide bonds. The summed E-state index contributed by atoms with van der Waals surface area (Å²) in [6.45, 7) is 4.73. The van der Waals surface area contributed by atoms with Gasteiger partial charge in [0, 0.05) is 25.6 Å². The Kier molecular flexibility index (Phi) is 3.41. The van der Waals surface area contributed by atoms with E-state index in [1.165, 1.54) is 18.7 Å². The van der Waals surface area contributed by atoms with Gasteiger partial charge in [-0.2, -0.15) is 0 Å². The first-order valence-electron chi connectivity index (χ1n) is 8.50. The fourth-order valence-corrected chi connectivity index (χ4v) is 3.81. The summed E-state index contributed by atoms with van der Waals surface area (Å²) in [6.07, 6.45) is 2.52. The molecule has 0 bridgehead atoms. The highest BCUT2D eigenvalue weighted by molar-refractivity contribution is 6.32. The monoisotopic (exact) mass is 346 g/mol.